The third-order valence-corrected chi connectivity index (χ3v) is 8.71. The summed E-state index contributed by atoms with van der Waals surface area (Å²) in [5.74, 6) is 0. The molecule has 0 amide bonds. The molecule has 1 atom stereocenters. The van der Waals surface area contributed by atoms with Gasteiger partial charge < -0.3 is 4.90 Å². The first-order valence-electron chi connectivity index (χ1n) is 13.7. The minimum atomic E-state index is 0.0955. The Balaban J connectivity index is 1.55. The Morgan fingerprint density at radius 3 is 2.50 bits per heavy atom. The summed E-state index contributed by atoms with van der Waals surface area (Å²) >= 11 is 0. The molecule has 0 spiro atoms. The van der Waals surface area contributed by atoms with Crippen LogP contribution in [0.5, 0.6) is 0 Å². The maximum atomic E-state index is 2.55. The van der Waals surface area contributed by atoms with E-state index in [1.54, 1.807) is 0 Å². The minimum Gasteiger partial charge on any atom is -0.309 e. The van der Waals surface area contributed by atoms with E-state index in [-0.39, 0.29) is 6.04 Å². The maximum Gasteiger partial charge on any atom is 0.213 e. The number of pyridine rings is 1. The fourth-order valence-corrected chi connectivity index (χ4v) is 6.98. The lowest BCUT2D eigenvalue weighted by molar-refractivity contribution is -0.711. The van der Waals surface area contributed by atoms with E-state index < -0.39 is 0 Å². The van der Waals surface area contributed by atoms with Gasteiger partial charge in [-0.2, -0.15) is 4.57 Å². The number of nitrogens with zero attached hydrogens (tertiary/aromatic N) is 2. The summed E-state index contributed by atoms with van der Waals surface area (Å²) in [6, 6.07) is 38.3. The van der Waals surface area contributed by atoms with E-state index in [0.717, 1.165) is 19.3 Å². The number of anilines is 3. The number of aryl methyl sites for hydroxylation is 1. The zero-order chi connectivity index (χ0) is 25.2. The zero-order valence-electron chi connectivity index (χ0n) is 21.6. The number of aromatic nitrogens is 1. The van der Waals surface area contributed by atoms with Gasteiger partial charge in [0.15, 0.2) is 11.9 Å². The number of para-hydroxylation sites is 2. The van der Waals surface area contributed by atoms with E-state index in [2.05, 4.69) is 132 Å². The van der Waals surface area contributed by atoms with E-state index in [9.17, 15) is 0 Å². The molecule has 3 aliphatic rings. The third-order valence-electron chi connectivity index (χ3n) is 8.71. The number of fused-ring (bicyclic) bond motifs is 7. The number of hydrogen-bond donors (Lipinski definition) is 0. The maximum absolute atomic E-state index is 2.55. The van der Waals surface area contributed by atoms with Crippen molar-refractivity contribution in [1.29, 1.82) is 0 Å². The first-order valence-corrected chi connectivity index (χ1v) is 13.7. The molecule has 0 saturated carbocycles. The Hall–Kier alpha value is -4.43. The van der Waals surface area contributed by atoms with Gasteiger partial charge in [-0.25, -0.2) is 0 Å². The predicted molar refractivity (Wildman–Crippen MR) is 154 cm³/mol. The van der Waals surface area contributed by atoms with Crippen molar-refractivity contribution in [2.45, 2.75) is 32.2 Å². The molecule has 38 heavy (non-hydrogen) atoms. The van der Waals surface area contributed by atoms with Gasteiger partial charge in [-0.15, -0.1) is 0 Å². The summed E-state index contributed by atoms with van der Waals surface area (Å²) < 4.78 is 2.55. The van der Waals surface area contributed by atoms with Crippen LogP contribution in [0.2, 0.25) is 0 Å². The monoisotopic (exact) mass is 489 g/mol. The molecular weight excluding hydrogens is 460 g/mol. The molecule has 2 heteroatoms. The average Bonchev–Trinajstić information content (AvgIpc) is 2.97. The van der Waals surface area contributed by atoms with Gasteiger partial charge in [-0.3, -0.25) is 0 Å². The fraction of sp³-hybridized carbons (Fsp3) is 0.139. The quantitative estimate of drug-likeness (QED) is 0.212. The fourth-order valence-electron chi connectivity index (χ4n) is 6.98. The lowest BCUT2D eigenvalue weighted by atomic mass is 9.76. The van der Waals surface area contributed by atoms with Crippen LogP contribution in [0.15, 0.2) is 115 Å². The highest BCUT2D eigenvalue weighted by molar-refractivity contribution is 5.93. The van der Waals surface area contributed by atoms with E-state index >= 15 is 0 Å². The lowest BCUT2D eigenvalue weighted by Crippen LogP contribution is -2.47. The van der Waals surface area contributed by atoms with Crippen molar-refractivity contribution in [2.24, 2.45) is 0 Å². The molecule has 1 aliphatic carbocycles. The molecule has 2 aliphatic heterocycles. The van der Waals surface area contributed by atoms with Crippen LogP contribution >= 0.6 is 0 Å². The topological polar surface area (TPSA) is 7.12 Å². The van der Waals surface area contributed by atoms with Gasteiger partial charge in [-0.05, 0) is 83.5 Å². The zero-order valence-corrected chi connectivity index (χ0v) is 21.6. The smallest absolute Gasteiger partial charge is 0.213 e. The summed E-state index contributed by atoms with van der Waals surface area (Å²) in [7, 11) is 0. The van der Waals surface area contributed by atoms with Crippen molar-refractivity contribution >= 4 is 22.6 Å². The summed E-state index contributed by atoms with van der Waals surface area (Å²) in [4.78, 5) is 2.48. The molecule has 4 aromatic carbocycles. The van der Waals surface area contributed by atoms with Gasteiger partial charge in [0.1, 0.15) is 0 Å². The van der Waals surface area contributed by atoms with Crippen LogP contribution in [0.3, 0.4) is 0 Å². The van der Waals surface area contributed by atoms with Crippen molar-refractivity contribution in [3.63, 3.8) is 0 Å². The van der Waals surface area contributed by atoms with Crippen LogP contribution in [0, 0.1) is 6.92 Å². The Bertz CT molecular complexity index is 1760. The third kappa shape index (κ3) is 3.04. The normalized spacial score (nSPS) is 16.6. The molecule has 2 nitrogen and oxygen atoms in total. The molecular formula is C36H29N2+. The number of allylic oxidation sites excluding steroid dienone is 1. The Morgan fingerprint density at radius 1 is 0.737 bits per heavy atom. The lowest BCUT2D eigenvalue weighted by Gasteiger charge is -2.38. The average molecular weight is 490 g/mol. The van der Waals surface area contributed by atoms with Crippen molar-refractivity contribution in [3.8, 4) is 0 Å². The molecule has 5 aromatic rings. The predicted octanol–water partition coefficient (Wildman–Crippen LogP) is 7.99. The second-order valence-corrected chi connectivity index (χ2v) is 10.7. The molecule has 0 radical (unpaired) electrons. The number of benzene rings is 4. The molecule has 0 saturated heterocycles. The second-order valence-electron chi connectivity index (χ2n) is 10.7. The number of hydrogen-bond acceptors (Lipinski definition) is 1. The highest BCUT2D eigenvalue weighted by Gasteiger charge is 2.42. The van der Waals surface area contributed by atoms with Crippen LogP contribution in [0.1, 0.15) is 57.1 Å². The molecule has 1 unspecified atom stereocenters. The molecule has 2 bridgehead atoms. The first-order chi connectivity index (χ1) is 18.8. The second kappa shape index (κ2) is 8.29. The van der Waals surface area contributed by atoms with Crippen molar-refractivity contribution in [1.82, 2.24) is 0 Å². The van der Waals surface area contributed by atoms with Crippen LogP contribution in [0.4, 0.5) is 17.1 Å². The van der Waals surface area contributed by atoms with Crippen molar-refractivity contribution in [2.75, 3.05) is 4.90 Å². The van der Waals surface area contributed by atoms with Crippen LogP contribution < -0.4 is 9.47 Å². The largest absolute Gasteiger partial charge is 0.309 e. The van der Waals surface area contributed by atoms with Crippen LogP contribution in [-0.2, 0) is 12.8 Å². The Morgan fingerprint density at radius 2 is 1.58 bits per heavy atom. The van der Waals surface area contributed by atoms with E-state index in [1.807, 2.05) is 0 Å². The van der Waals surface area contributed by atoms with Gasteiger partial charge in [-0.1, -0.05) is 66.7 Å². The Labute approximate surface area is 224 Å². The minimum absolute atomic E-state index is 0.0955. The van der Waals surface area contributed by atoms with E-state index in [4.69, 9.17) is 0 Å². The number of rotatable bonds is 1. The molecule has 0 fully saturated rings. The van der Waals surface area contributed by atoms with Gasteiger partial charge in [0.05, 0.1) is 23.4 Å². The van der Waals surface area contributed by atoms with Crippen molar-refractivity contribution < 1.29 is 4.57 Å². The van der Waals surface area contributed by atoms with Gasteiger partial charge in [0.2, 0.25) is 6.04 Å². The van der Waals surface area contributed by atoms with Gasteiger partial charge in [0, 0.05) is 23.4 Å². The van der Waals surface area contributed by atoms with E-state index in [1.165, 1.54) is 67.3 Å². The summed E-state index contributed by atoms with van der Waals surface area (Å²) in [6.45, 7) is 2.31. The molecule has 0 N–H and O–H groups in total. The summed E-state index contributed by atoms with van der Waals surface area (Å²) in [5, 5.41) is 0. The van der Waals surface area contributed by atoms with E-state index in [0.29, 0.717) is 0 Å². The van der Waals surface area contributed by atoms with Crippen LogP contribution in [-0.4, -0.2) is 0 Å². The van der Waals surface area contributed by atoms with Gasteiger partial charge >= 0.3 is 0 Å². The molecule has 182 valence electrons. The Kier molecular flexibility index (Phi) is 4.72. The highest BCUT2D eigenvalue weighted by atomic mass is 15.2. The highest BCUT2D eigenvalue weighted by Crippen LogP contribution is 2.52. The molecule has 3 heterocycles. The molecule has 8 rings (SSSR count). The first kappa shape index (κ1) is 21.6. The SMILES string of the molecule is Cc1c2cccc1C1=CCCc3ccc4c(c31)C(c1ccccc1N4c1ccccc1)[n+]1ccccc1C2. The molecule has 1 aromatic heterocycles. The van der Waals surface area contributed by atoms with Crippen LogP contribution in [0.25, 0.3) is 5.57 Å². The van der Waals surface area contributed by atoms with Crippen molar-refractivity contribution in [3.05, 3.63) is 160 Å². The summed E-state index contributed by atoms with van der Waals surface area (Å²) in [6.07, 6.45) is 7.87. The van der Waals surface area contributed by atoms with Gasteiger partial charge in [0.25, 0.3) is 0 Å². The summed E-state index contributed by atoms with van der Waals surface area (Å²) in [5.41, 5.74) is 16.3. The standard InChI is InChI=1S/C36H29N2/c1-24-26-12-10-17-29(24)30-18-9-11-25-20-21-33-35(34(25)30)36(37-22-8-7-15-28(37)23-26)31-16-5-6-19-32(31)38(33)27-13-3-2-4-14-27/h2-8,10,12-22,36H,9,11,23H2,1H3/q+1.